The predicted molar refractivity (Wildman–Crippen MR) is 72.1 cm³/mol. The van der Waals surface area contributed by atoms with Crippen LogP contribution in [0.3, 0.4) is 0 Å². The summed E-state index contributed by atoms with van der Waals surface area (Å²) in [5, 5.41) is 5.50. The summed E-state index contributed by atoms with van der Waals surface area (Å²) in [5.41, 5.74) is 8.72. The number of nitrogens with zero attached hydrogens (tertiary/aromatic N) is 3. The Hall–Kier alpha value is -2.36. The summed E-state index contributed by atoms with van der Waals surface area (Å²) >= 11 is 0. The minimum Gasteiger partial charge on any atom is -0.399 e. The van der Waals surface area contributed by atoms with Crippen molar-refractivity contribution in [3.8, 4) is 0 Å². The molecule has 3 aromatic rings. The first-order chi connectivity index (χ1) is 8.83. The molecular formula is C14H14N4. The van der Waals surface area contributed by atoms with Gasteiger partial charge in [-0.25, -0.2) is 0 Å². The smallest absolute Gasteiger partial charge is 0.0703 e. The minimum absolute atomic E-state index is 0.766. The first-order valence-electron chi connectivity index (χ1n) is 5.94. The summed E-state index contributed by atoms with van der Waals surface area (Å²) in [7, 11) is 0. The number of aryl methyl sites for hydroxylation is 2. The third-order valence-corrected chi connectivity index (χ3v) is 2.97. The Kier molecular flexibility index (Phi) is 2.68. The van der Waals surface area contributed by atoms with E-state index in [1.54, 1.807) is 0 Å². The van der Waals surface area contributed by atoms with Crippen molar-refractivity contribution in [1.82, 2.24) is 14.8 Å². The third-order valence-electron chi connectivity index (χ3n) is 2.97. The molecule has 0 saturated carbocycles. The van der Waals surface area contributed by atoms with Crippen molar-refractivity contribution in [2.75, 3.05) is 5.73 Å². The van der Waals surface area contributed by atoms with Crippen LogP contribution in [0.1, 0.15) is 5.69 Å². The number of aromatic nitrogens is 3. The molecule has 0 fully saturated rings. The molecule has 0 amide bonds. The van der Waals surface area contributed by atoms with Gasteiger partial charge in [0.05, 0.1) is 11.7 Å². The van der Waals surface area contributed by atoms with E-state index in [-0.39, 0.29) is 0 Å². The lowest BCUT2D eigenvalue weighted by Crippen LogP contribution is -2.04. The minimum atomic E-state index is 0.766. The standard InChI is InChI=1S/C14H14N4/c15-12-5-4-11-10-17-18(14(11)9-12)8-6-13-3-1-2-7-16-13/h1-5,7,9-10H,6,8,15H2. The van der Waals surface area contributed by atoms with Gasteiger partial charge < -0.3 is 5.73 Å². The normalized spacial score (nSPS) is 10.9. The van der Waals surface area contributed by atoms with Crippen LogP contribution < -0.4 is 5.73 Å². The van der Waals surface area contributed by atoms with Crippen molar-refractivity contribution in [3.05, 3.63) is 54.5 Å². The van der Waals surface area contributed by atoms with E-state index in [1.165, 1.54) is 0 Å². The Bertz CT molecular complexity index is 658. The van der Waals surface area contributed by atoms with Crippen molar-refractivity contribution in [2.24, 2.45) is 0 Å². The largest absolute Gasteiger partial charge is 0.399 e. The molecule has 0 radical (unpaired) electrons. The first kappa shape index (κ1) is 10.8. The molecule has 1 aromatic carbocycles. The van der Waals surface area contributed by atoms with Gasteiger partial charge in [0.15, 0.2) is 0 Å². The Morgan fingerprint density at radius 2 is 2.11 bits per heavy atom. The fourth-order valence-electron chi connectivity index (χ4n) is 2.03. The Balaban J connectivity index is 1.85. The van der Waals surface area contributed by atoms with Gasteiger partial charge in [-0.15, -0.1) is 0 Å². The highest BCUT2D eigenvalue weighted by Gasteiger charge is 2.03. The lowest BCUT2D eigenvalue weighted by Gasteiger charge is -2.03. The van der Waals surface area contributed by atoms with Gasteiger partial charge in [-0.2, -0.15) is 5.10 Å². The third kappa shape index (κ3) is 2.05. The van der Waals surface area contributed by atoms with Crippen LogP contribution in [0.5, 0.6) is 0 Å². The zero-order chi connectivity index (χ0) is 12.4. The van der Waals surface area contributed by atoms with E-state index in [0.29, 0.717) is 0 Å². The summed E-state index contributed by atoms with van der Waals surface area (Å²) in [6.45, 7) is 0.809. The summed E-state index contributed by atoms with van der Waals surface area (Å²) in [6.07, 6.45) is 4.55. The molecule has 0 aliphatic carbocycles. The van der Waals surface area contributed by atoms with Crippen LogP contribution in [0.15, 0.2) is 48.8 Å². The molecule has 90 valence electrons. The molecule has 0 bridgehead atoms. The number of anilines is 1. The van der Waals surface area contributed by atoms with Crippen LogP contribution in [0.4, 0.5) is 5.69 Å². The summed E-state index contributed by atoms with van der Waals surface area (Å²) in [6, 6.07) is 11.8. The summed E-state index contributed by atoms with van der Waals surface area (Å²) in [5.74, 6) is 0. The number of hydrogen-bond donors (Lipinski definition) is 1. The summed E-state index contributed by atoms with van der Waals surface area (Å²) < 4.78 is 1.97. The maximum Gasteiger partial charge on any atom is 0.0703 e. The second-order valence-corrected chi connectivity index (χ2v) is 4.26. The Morgan fingerprint density at radius 3 is 2.94 bits per heavy atom. The van der Waals surface area contributed by atoms with E-state index < -0.39 is 0 Å². The lowest BCUT2D eigenvalue weighted by molar-refractivity contribution is 0.628. The number of nitrogens with two attached hydrogens (primary N) is 1. The maximum absolute atomic E-state index is 5.81. The molecule has 2 N–H and O–H groups in total. The number of fused-ring (bicyclic) bond motifs is 1. The molecule has 0 spiro atoms. The number of nitrogen functional groups attached to an aromatic ring is 1. The monoisotopic (exact) mass is 238 g/mol. The van der Waals surface area contributed by atoms with Crippen molar-refractivity contribution in [1.29, 1.82) is 0 Å². The van der Waals surface area contributed by atoms with Gasteiger partial charge in [0, 0.05) is 35.9 Å². The first-order valence-corrected chi connectivity index (χ1v) is 5.94. The fraction of sp³-hybridized carbons (Fsp3) is 0.143. The van der Waals surface area contributed by atoms with Crippen LogP contribution in [0.25, 0.3) is 10.9 Å². The topological polar surface area (TPSA) is 56.7 Å². The van der Waals surface area contributed by atoms with Crippen molar-refractivity contribution in [2.45, 2.75) is 13.0 Å². The zero-order valence-corrected chi connectivity index (χ0v) is 9.95. The Labute approximate surface area is 105 Å². The molecule has 0 aliphatic rings. The van der Waals surface area contributed by atoms with Crippen molar-refractivity contribution < 1.29 is 0 Å². The maximum atomic E-state index is 5.81. The highest BCUT2D eigenvalue weighted by molar-refractivity contribution is 5.81. The highest BCUT2D eigenvalue weighted by Crippen LogP contribution is 2.17. The zero-order valence-electron chi connectivity index (χ0n) is 9.95. The van der Waals surface area contributed by atoms with E-state index >= 15 is 0 Å². The van der Waals surface area contributed by atoms with Gasteiger partial charge >= 0.3 is 0 Å². The summed E-state index contributed by atoms with van der Waals surface area (Å²) in [4.78, 5) is 4.31. The van der Waals surface area contributed by atoms with Crippen LogP contribution in [0, 0.1) is 0 Å². The van der Waals surface area contributed by atoms with Gasteiger partial charge in [0.2, 0.25) is 0 Å². The molecule has 0 atom stereocenters. The molecule has 0 unspecified atom stereocenters. The van der Waals surface area contributed by atoms with Crippen LogP contribution in [0.2, 0.25) is 0 Å². The quantitative estimate of drug-likeness (QED) is 0.712. The molecule has 0 aliphatic heterocycles. The van der Waals surface area contributed by atoms with Gasteiger partial charge in [-0.1, -0.05) is 6.07 Å². The number of benzene rings is 1. The van der Waals surface area contributed by atoms with E-state index in [9.17, 15) is 0 Å². The van der Waals surface area contributed by atoms with Gasteiger partial charge in [0.25, 0.3) is 0 Å². The molecule has 0 saturated heterocycles. The van der Waals surface area contributed by atoms with Crippen molar-refractivity contribution >= 4 is 16.6 Å². The number of hydrogen-bond acceptors (Lipinski definition) is 3. The van der Waals surface area contributed by atoms with Crippen LogP contribution >= 0.6 is 0 Å². The SMILES string of the molecule is Nc1ccc2cnn(CCc3ccccn3)c2c1. The molecule has 2 heterocycles. The van der Waals surface area contributed by atoms with E-state index in [2.05, 4.69) is 10.1 Å². The molecule has 3 rings (SSSR count). The average molecular weight is 238 g/mol. The molecule has 4 nitrogen and oxygen atoms in total. The fourth-order valence-corrected chi connectivity index (χ4v) is 2.03. The van der Waals surface area contributed by atoms with E-state index in [1.807, 2.05) is 53.5 Å². The molecule has 18 heavy (non-hydrogen) atoms. The van der Waals surface area contributed by atoms with E-state index in [0.717, 1.165) is 35.2 Å². The lowest BCUT2D eigenvalue weighted by atomic mass is 10.2. The molecule has 4 heteroatoms. The predicted octanol–water partition coefficient (Wildman–Crippen LogP) is 2.26. The van der Waals surface area contributed by atoms with E-state index in [4.69, 9.17) is 5.73 Å². The highest BCUT2D eigenvalue weighted by atomic mass is 15.3. The number of rotatable bonds is 3. The van der Waals surface area contributed by atoms with Crippen LogP contribution in [-0.4, -0.2) is 14.8 Å². The van der Waals surface area contributed by atoms with Gasteiger partial charge in [-0.3, -0.25) is 9.67 Å². The second kappa shape index (κ2) is 4.49. The molecular weight excluding hydrogens is 224 g/mol. The number of pyridine rings is 1. The Morgan fingerprint density at radius 1 is 1.17 bits per heavy atom. The second-order valence-electron chi connectivity index (χ2n) is 4.26. The molecule has 2 aromatic heterocycles. The van der Waals surface area contributed by atoms with Crippen molar-refractivity contribution in [3.63, 3.8) is 0 Å². The van der Waals surface area contributed by atoms with Gasteiger partial charge in [-0.05, 0) is 30.3 Å². The van der Waals surface area contributed by atoms with Crippen LogP contribution in [-0.2, 0) is 13.0 Å². The van der Waals surface area contributed by atoms with Gasteiger partial charge in [0.1, 0.15) is 0 Å². The average Bonchev–Trinajstić information content (AvgIpc) is 2.80.